The van der Waals surface area contributed by atoms with Crippen molar-refractivity contribution in [2.75, 3.05) is 13.2 Å². The molecule has 0 bridgehead atoms. The summed E-state index contributed by atoms with van der Waals surface area (Å²) in [7, 11) is 0. The predicted molar refractivity (Wildman–Crippen MR) is 158 cm³/mol. The van der Waals surface area contributed by atoms with E-state index in [1.165, 1.54) is 12.2 Å². The first-order valence-corrected chi connectivity index (χ1v) is 15.3. The smallest absolute Gasteiger partial charge is 0.315 e. The maximum Gasteiger partial charge on any atom is 0.315 e. The van der Waals surface area contributed by atoms with Crippen molar-refractivity contribution >= 4 is 11.9 Å². The zero-order valence-electron chi connectivity index (χ0n) is 26.6. The van der Waals surface area contributed by atoms with Crippen molar-refractivity contribution in [2.24, 2.45) is 17.8 Å². The van der Waals surface area contributed by atoms with Gasteiger partial charge in [-0.1, -0.05) is 39.0 Å². The van der Waals surface area contributed by atoms with E-state index in [0.29, 0.717) is 6.42 Å². The maximum atomic E-state index is 12.9. The molecule has 8 N–H and O–H groups in total. The Balaban J connectivity index is 2.03. The highest BCUT2D eigenvalue weighted by Gasteiger charge is 2.49. The number of aliphatic hydroxyl groups is 8. The van der Waals surface area contributed by atoms with Gasteiger partial charge in [-0.2, -0.15) is 0 Å². The second-order valence-electron chi connectivity index (χ2n) is 12.8. The molecule has 0 saturated carbocycles. The lowest BCUT2D eigenvalue weighted by molar-refractivity contribution is -0.263. The highest BCUT2D eigenvalue weighted by molar-refractivity contribution is 5.75. The van der Waals surface area contributed by atoms with Crippen molar-refractivity contribution in [3.8, 4) is 0 Å². The van der Waals surface area contributed by atoms with Gasteiger partial charge in [-0.05, 0) is 32.1 Å². The quantitative estimate of drug-likeness (QED) is 0.0764. The molecule has 0 spiro atoms. The fraction of sp³-hybridized carbons (Fsp3) is 0.806. The SMILES string of the molecule is C=C[C@@H](C(=O)OCC1OC(CC2OC(CO)C(O)C(O)C2O)C(O)C(O)C1O)[C@H](O)/C=C/C(CC(=O)OC(C)(C)CC)C(C)C. The number of aliphatic hydroxyl groups excluding tert-OH is 8. The topological polar surface area (TPSA) is 233 Å². The summed E-state index contributed by atoms with van der Waals surface area (Å²) in [4.78, 5) is 25.4. The van der Waals surface area contributed by atoms with Gasteiger partial charge in [-0.3, -0.25) is 9.59 Å². The van der Waals surface area contributed by atoms with Gasteiger partial charge in [0, 0.05) is 6.42 Å². The minimum atomic E-state index is -1.75. The summed E-state index contributed by atoms with van der Waals surface area (Å²) in [6.07, 6.45) is -11.8. The molecule has 14 nitrogen and oxygen atoms in total. The first kappa shape index (κ1) is 39.2. The van der Waals surface area contributed by atoms with Gasteiger partial charge in [0.2, 0.25) is 0 Å². The van der Waals surface area contributed by atoms with E-state index in [4.69, 9.17) is 18.9 Å². The molecule has 14 heteroatoms. The van der Waals surface area contributed by atoms with Crippen LogP contribution in [0.1, 0.15) is 53.9 Å². The van der Waals surface area contributed by atoms with E-state index in [0.717, 1.165) is 0 Å². The number of esters is 2. The van der Waals surface area contributed by atoms with E-state index >= 15 is 0 Å². The van der Waals surface area contributed by atoms with Crippen LogP contribution in [0.5, 0.6) is 0 Å². The molecule has 0 aromatic carbocycles. The fourth-order valence-electron chi connectivity index (χ4n) is 5.11. The Morgan fingerprint density at radius 1 is 0.867 bits per heavy atom. The van der Waals surface area contributed by atoms with Crippen molar-refractivity contribution in [1.29, 1.82) is 0 Å². The largest absolute Gasteiger partial charge is 0.462 e. The molecular formula is C31H52O14. The van der Waals surface area contributed by atoms with E-state index < -0.39 is 97.8 Å². The molecule has 2 rings (SSSR count). The van der Waals surface area contributed by atoms with E-state index in [1.54, 1.807) is 6.08 Å². The number of carbonyl (C=O) groups excluding carboxylic acids is 2. The summed E-state index contributed by atoms with van der Waals surface area (Å²) in [6, 6.07) is 0. The molecule has 2 aliphatic heterocycles. The molecule has 13 atom stereocenters. The van der Waals surface area contributed by atoms with Gasteiger partial charge in [0.15, 0.2) is 0 Å². The molecule has 2 aliphatic rings. The Morgan fingerprint density at radius 3 is 1.87 bits per heavy atom. The first-order chi connectivity index (χ1) is 21.0. The van der Waals surface area contributed by atoms with Crippen LogP contribution in [0, 0.1) is 17.8 Å². The highest BCUT2D eigenvalue weighted by atomic mass is 16.6. The minimum Gasteiger partial charge on any atom is -0.462 e. The lowest BCUT2D eigenvalue weighted by Gasteiger charge is -2.45. The third-order valence-electron chi connectivity index (χ3n) is 8.61. The van der Waals surface area contributed by atoms with Crippen molar-refractivity contribution in [3.63, 3.8) is 0 Å². The Labute approximate surface area is 263 Å². The van der Waals surface area contributed by atoms with Gasteiger partial charge in [0.1, 0.15) is 67.0 Å². The van der Waals surface area contributed by atoms with Gasteiger partial charge in [-0.25, -0.2) is 0 Å². The van der Waals surface area contributed by atoms with Crippen LogP contribution in [0.4, 0.5) is 0 Å². The summed E-state index contributed by atoms with van der Waals surface area (Å²) in [5.41, 5.74) is -0.608. The van der Waals surface area contributed by atoms with Gasteiger partial charge >= 0.3 is 11.9 Å². The molecular weight excluding hydrogens is 596 g/mol. The number of carbonyl (C=O) groups is 2. The van der Waals surface area contributed by atoms with Crippen LogP contribution < -0.4 is 0 Å². The Morgan fingerprint density at radius 2 is 1.38 bits per heavy atom. The van der Waals surface area contributed by atoms with Crippen molar-refractivity contribution in [3.05, 3.63) is 24.8 Å². The molecule has 2 fully saturated rings. The van der Waals surface area contributed by atoms with Crippen LogP contribution in [-0.2, 0) is 28.5 Å². The third-order valence-corrected chi connectivity index (χ3v) is 8.61. The van der Waals surface area contributed by atoms with Crippen LogP contribution in [-0.4, -0.2) is 139 Å². The Hall–Kier alpha value is -1.98. The molecule has 0 radical (unpaired) electrons. The molecule has 11 unspecified atom stereocenters. The second kappa shape index (κ2) is 17.3. The van der Waals surface area contributed by atoms with Gasteiger partial charge < -0.3 is 59.8 Å². The maximum absolute atomic E-state index is 12.9. The van der Waals surface area contributed by atoms with Gasteiger partial charge in [0.05, 0.1) is 31.3 Å². The lowest BCUT2D eigenvalue weighted by atomic mass is 9.87. The minimum absolute atomic E-state index is 0.0162. The monoisotopic (exact) mass is 648 g/mol. The van der Waals surface area contributed by atoms with Crippen molar-refractivity contribution in [1.82, 2.24) is 0 Å². The summed E-state index contributed by atoms with van der Waals surface area (Å²) in [6.45, 7) is 11.7. The second-order valence-corrected chi connectivity index (χ2v) is 12.8. The van der Waals surface area contributed by atoms with Crippen molar-refractivity contribution in [2.45, 2.75) is 127 Å². The molecule has 0 aliphatic carbocycles. The van der Waals surface area contributed by atoms with E-state index in [2.05, 4.69) is 6.58 Å². The zero-order chi connectivity index (χ0) is 34.2. The summed E-state index contributed by atoms with van der Waals surface area (Å²) in [5, 5.41) is 82.0. The third kappa shape index (κ3) is 10.5. The molecule has 2 heterocycles. The van der Waals surface area contributed by atoms with Crippen LogP contribution in [0.3, 0.4) is 0 Å². The molecule has 2 saturated heterocycles. The predicted octanol–water partition coefficient (Wildman–Crippen LogP) is -1.27. The molecule has 0 aromatic rings. The number of allylic oxidation sites excluding steroid dienone is 1. The van der Waals surface area contributed by atoms with Crippen LogP contribution in [0.25, 0.3) is 0 Å². The first-order valence-electron chi connectivity index (χ1n) is 15.3. The summed E-state index contributed by atoms with van der Waals surface area (Å²) in [5.74, 6) is -2.82. The van der Waals surface area contributed by atoms with Gasteiger partial charge in [0.25, 0.3) is 0 Å². The highest BCUT2D eigenvalue weighted by Crippen LogP contribution is 2.30. The summed E-state index contributed by atoms with van der Waals surface area (Å²) >= 11 is 0. The lowest BCUT2D eigenvalue weighted by Crippen LogP contribution is -2.62. The Bertz CT molecular complexity index is 983. The van der Waals surface area contributed by atoms with E-state index in [1.807, 2.05) is 34.6 Å². The van der Waals surface area contributed by atoms with Crippen LogP contribution in [0.2, 0.25) is 0 Å². The summed E-state index contributed by atoms with van der Waals surface area (Å²) < 4.78 is 21.9. The van der Waals surface area contributed by atoms with Crippen LogP contribution >= 0.6 is 0 Å². The van der Waals surface area contributed by atoms with Gasteiger partial charge in [-0.15, -0.1) is 6.58 Å². The van der Waals surface area contributed by atoms with Crippen molar-refractivity contribution < 1.29 is 69.4 Å². The average Bonchev–Trinajstić information content (AvgIpc) is 2.98. The Kier molecular flexibility index (Phi) is 15.0. The number of hydrogen-bond acceptors (Lipinski definition) is 14. The molecule has 260 valence electrons. The normalized spacial score (nSPS) is 34.7. The van der Waals surface area contributed by atoms with Crippen LogP contribution in [0.15, 0.2) is 24.8 Å². The van der Waals surface area contributed by atoms with E-state index in [9.17, 15) is 50.4 Å². The standard InChI is InChI=1S/C31H52O14/c1-7-17(18(33)10-9-16(15(3)4)11-23(34)45-31(5,6)8-2)30(41)42-14-22-27(38)29(40)25(36)20(44-22)12-19-24(35)28(39)26(37)21(13-32)43-19/h7,9-10,15-22,24-29,32-33,35-40H,1,8,11-14H2,2-6H3/b10-9+/t16?,17-,18-,19?,20?,21?,22?,24?,25?,26?,27?,28?,29?/m1/s1. The number of ether oxygens (including phenoxy) is 4. The number of rotatable bonds is 15. The molecule has 0 aromatic heterocycles. The zero-order valence-corrected chi connectivity index (χ0v) is 26.6. The fourth-order valence-corrected chi connectivity index (χ4v) is 5.11. The van der Waals surface area contributed by atoms with E-state index in [-0.39, 0.29) is 30.6 Å². The average molecular weight is 649 g/mol. The molecule has 0 amide bonds. The number of hydrogen-bond donors (Lipinski definition) is 8. The molecule has 45 heavy (non-hydrogen) atoms.